The van der Waals surface area contributed by atoms with Gasteiger partial charge >= 0.3 is 11.9 Å². The first kappa shape index (κ1) is 23.0. The van der Waals surface area contributed by atoms with Crippen LogP contribution in [0.1, 0.15) is 35.2 Å². The number of aryl methyl sites for hydroxylation is 1. The van der Waals surface area contributed by atoms with Crippen LogP contribution in [-0.2, 0) is 19.1 Å². The fraction of sp³-hybridized carbons (Fsp3) is 0.524. The van der Waals surface area contributed by atoms with Crippen molar-refractivity contribution in [3.8, 4) is 11.5 Å². The number of likely N-dealkylation sites (tertiary alicyclic amines) is 1. The molecule has 2 aliphatic heterocycles. The minimum absolute atomic E-state index is 0.0708. The molecule has 6 atom stereocenters. The van der Waals surface area contributed by atoms with Gasteiger partial charge in [0, 0.05) is 6.42 Å². The van der Waals surface area contributed by atoms with E-state index < -0.39 is 76.9 Å². The van der Waals surface area contributed by atoms with Crippen LogP contribution in [0, 0.1) is 6.92 Å². The van der Waals surface area contributed by atoms with Crippen LogP contribution in [0.15, 0.2) is 12.1 Å². The van der Waals surface area contributed by atoms with E-state index in [1.807, 2.05) is 0 Å². The summed E-state index contributed by atoms with van der Waals surface area (Å²) in [6.07, 6.45) is -5.15. The van der Waals surface area contributed by atoms with Gasteiger partial charge in [0.15, 0.2) is 0 Å². The van der Waals surface area contributed by atoms with Crippen molar-refractivity contribution in [2.45, 2.75) is 61.7 Å². The summed E-state index contributed by atoms with van der Waals surface area (Å²) in [5.74, 6) is -5.67. The zero-order chi connectivity index (χ0) is 24.5. The number of benzene rings is 1. The lowest BCUT2D eigenvalue weighted by Gasteiger charge is -2.56. The third-order valence-electron chi connectivity index (χ3n) is 6.75. The highest BCUT2D eigenvalue weighted by atomic mass is 16.6. The Balaban J connectivity index is 1.94. The molecule has 4 rings (SSSR count). The number of carbonyl (C=O) groups is 4. The maximum Gasteiger partial charge on any atom is 0.356 e. The standard InChI is InChI=1S/C21H23NO11/c1-8-5-11(23)15-12(6-8)33-21(19(30)32-2)16(26)10(7-13(24)20(21,31)17(15)27)22-9(18(28)29)3-4-14(22)25/h5-6,9-10,13,16,23-24,26,31H,3-4,7H2,1-2H3,(H,28,29). The summed E-state index contributed by atoms with van der Waals surface area (Å²) < 4.78 is 10.5. The minimum Gasteiger partial charge on any atom is -0.507 e. The number of aliphatic carboxylic acids is 1. The van der Waals surface area contributed by atoms with Gasteiger partial charge in [-0.05, 0) is 37.5 Å². The normalized spacial score (nSPS) is 35.5. The van der Waals surface area contributed by atoms with E-state index >= 15 is 0 Å². The lowest BCUT2D eigenvalue weighted by molar-refractivity contribution is -0.252. The predicted octanol–water partition coefficient (Wildman–Crippen LogP) is -1.51. The van der Waals surface area contributed by atoms with E-state index in [2.05, 4.69) is 0 Å². The smallest absolute Gasteiger partial charge is 0.356 e. The molecular weight excluding hydrogens is 442 g/mol. The molecule has 2 heterocycles. The van der Waals surface area contributed by atoms with Gasteiger partial charge in [-0.3, -0.25) is 9.59 Å². The number of carboxylic acids is 1. The third-order valence-corrected chi connectivity index (χ3v) is 6.75. The van der Waals surface area contributed by atoms with Gasteiger partial charge in [-0.25, -0.2) is 9.59 Å². The Labute approximate surface area is 186 Å². The second-order valence-corrected chi connectivity index (χ2v) is 8.54. The van der Waals surface area contributed by atoms with Crippen molar-refractivity contribution < 1.29 is 54.2 Å². The average molecular weight is 465 g/mol. The van der Waals surface area contributed by atoms with Gasteiger partial charge in [-0.15, -0.1) is 0 Å². The van der Waals surface area contributed by atoms with Crippen LogP contribution in [0.25, 0.3) is 0 Å². The van der Waals surface area contributed by atoms with Crippen molar-refractivity contribution in [1.29, 1.82) is 0 Å². The molecule has 1 aliphatic carbocycles. The van der Waals surface area contributed by atoms with Gasteiger partial charge in [0.1, 0.15) is 29.2 Å². The SMILES string of the molecule is COC(=O)C12Oc3cc(C)cc(O)c3C(=O)C1(O)C(O)CC(N1C(=O)CCC1C(=O)O)C2O. The van der Waals surface area contributed by atoms with E-state index in [4.69, 9.17) is 9.47 Å². The molecule has 1 saturated heterocycles. The number of Topliss-reactive ketones (excluding diaryl/α,β-unsaturated/α-hetero) is 1. The molecule has 1 aromatic carbocycles. The monoisotopic (exact) mass is 465 g/mol. The molecule has 5 N–H and O–H groups in total. The highest BCUT2D eigenvalue weighted by Gasteiger charge is 2.77. The minimum atomic E-state index is -3.11. The molecule has 12 nitrogen and oxygen atoms in total. The molecule has 33 heavy (non-hydrogen) atoms. The summed E-state index contributed by atoms with van der Waals surface area (Å²) in [6, 6.07) is -0.379. The molecule has 178 valence electrons. The van der Waals surface area contributed by atoms with Gasteiger partial charge in [-0.2, -0.15) is 0 Å². The lowest BCUT2D eigenvalue weighted by atomic mass is 9.61. The topological polar surface area (TPSA) is 191 Å². The van der Waals surface area contributed by atoms with Crippen LogP contribution in [-0.4, -0.2) is 96.7 Å². The molecule has 3 aliphatic rings. The Bertz CT molecular complexity index is 1070. The number of ketones is 1. The number of aliphatic hydroxyl groups is 3. The van der Waals surface area contributed by atoms with Crippen molar-refractivity contribution in [3.05, 3.63) is 23.3 Å². The Morgan fingerprint density at radius 2 is 1.91 bits per heavy atom. The largest absolute Gasteiger partial charge is 0.507 e. The highest BCUT2D eigenvalue weighted by molar-refractivity contribution is 6.13. The molecule has 0 bridgehead atoms. The molecule has 12 heteroatoms. The number of nitrogens with zero attached hydrogens (tertiary/aromatic N) is 1. The van der Waals surface area contributed by atoms with Crippen LogP contribution in [0.5, 0.6) is 11.5 Å². The maximum atomic E-state index is 13.4. The lowest BCUT2D eigenvalue weighted by Crippen LogP contribution is -2.84. The van der Waals surface area contributed by atoms with Crippen molar-refractivity contribution >= 4 is 23.6 Å². The maximum absolute atomic E-state index is 13.4. The van der Waals surface area contributed by atoms with Crippen LogP contribution >= 0.6 is 0 Å². The van der Waals surface area contributed by atoms with Crippen LogP contribution in [0.2, 0.25) is 0 Å². The number of aromatic hydroxyl groups is 1. The summed E-state index contributed by atoms with van der Waals surface area (Å²) in [7, 11) is 0.901. The van der Waals surface area contributed by atoms with Gasteiger partial charge < -0.3 is 39.9 Å². The number of hydrogen-bond donors (Lipinski definition) is 5. The molecule has 0 radical (unpaired) electrons. The van der Waals surface area contributed by atoms with Gasteiger partial charge in [0.2, 0.25) is 17.3 Å². The quantitative estimate of drug-likeness (QED) is 0.326. The van der Waals surface area contributed by atoms with Crippen molar-refractivity contribution in [2.24, 2.45) is 0 Å². The number of amides is 1. The van der Waals surface area contributed by atoms with Crippen LogP contribution in [0.4, 0.5) is 0 Å². The Morgan fingerprint density at radius 1 is 1.24 bits per heavy atom. The third kappa shape index (κ3) is 2.81. The molecule has 0 spiro atoms. The number of ether oxygens (including phenoxy) is 2. The molecule has 1 aromatic rings. The van der Waals surface area contributed by atoms with Crippen LogP contribution < -0.4 is 4.74 Å². The summed E-state index contributed by atoms with van der Waals surface area (Å²) in [5.41, 5.74) is -6.17. The van der Waals surface area contributed by atoms with E-state index in [0.717, 1.165) is 12.0 Å². The Kier molecular flexibility index (Phi) is 5.15. The first-order chi connectivity index (χ1) is 15.4. The number of fused-ring (bicyclic) bond motifs is 2. The number of phenolic OH excluding ortho intramolecular Hbond substituents is 1. The predicted molar refractivity (Wildman–Crippen MR) is 105 cm³/mol. The van der Waals surface area contributed by atoms with Crippen LogP contribution in [0.3, 0.4) is 0 Å². The fourth-order valence-corrected chi connectivity index (χ4v) is 5.23. The summed E-state index contributed by atoms with van der Waals surface area (Å²) in [4.78, 5) is 51.5. The zero-order valence-electron chi connectivity index (χ0n) is 17.7. The molecule has 6 unspecified atom stereocenters. The fourth-order valence-electron chi connectivity index (χ4n) is 5.23. The summed E-state index contributed by atoms with van der Waals surface area (Å²) in [5, 5.41) is 53.6. The second-order valence-electron chi connectivity index (χ2n) is 8.54. The molecular formula is C21H23NO11. The van der Waals surface area contributed by atoms with E-state index in [1.54, 1.807) is 6.92 Å². The van der Waals surface area contributed by atoms with Gasteiger partial charge in [0.05, 0.1) is 19.3 Å². The average Bonchev–Trinajstić information content (AvgIpc) is 3.13. The first-order valence-corrected chi connectivity index (χ1v) is 10.2. The Hall–Kier alpha value is -3.22. The number of aliphatic hydroxyl groups excluding tert-OH is 2. The number of hydrogen-bond acceptors (Lipinski definition) is 10. The Morgan fingerprint density at radius 3 is 2.52 bits per heavy atom. The molecule has 2 fully saturated rings. The van der Waals surface area contributed by atoms with E-state index in [0.29, 0.717) is 5.56 Å². The zero-order valence-corrected chi connectivity index (χ0v) is 17.7. The number of carbonyl (C=O) groups excluding carboxylic acids is 3. The molecule has 0 aromatic heterocycles. The molecule has 1 saturated carbocycles. The van der Waals surface area contributed by atoms with Crippen molar-refractivity contribution in [1.82, 2.24) is 4.90 Å². The summed E-state index contributed by atoms with van der Waals surface area (Å²) >= 11 is 0. The number of carboxylic acid groups (broad SMARTS) is 1. The van der Waals surface area contributed by atoms with Crippen molar-refractivity contribution in [3.63, 3.8) is 0 Å². The van der Waals surface area contributed by atoms with E-state index in [-0.39, 0.29) is 18.6 Å². The van der Waals surface area contributed by atoms with Gasteiger partial charge in [0.25, 0.3) is 5.60 Å². The first-order valence-electron chi connectivity index (χ1n) is 10.2. The second kappa shape index (κ2) is 7.40. The van der Waals surface area contributed by atoms with E-state index in [9.17, 15) is 44.7 Å². The van der Waals surface area contributed by atoms with E-state index in [1.165, 1.54) is 12.1 Å². The van der Waals surface area contributed by atoms with Crippen molar-refractivity contribution in [2.75, 3.05) is 7.11 Å². The van der Waals surface area contributed by atoms with Gasteiger partial charge in [-0.1, -0.05) is 0 Å². The number of phenols is 1. The number of methoxy groups -OCH3 is 1. The highest BCUT2D eigenvalue weighted by Crippen LogP contribution is 2.52. The number of rotatable bonds is 3. The summed E-state index contributed by atoms with van der Waals surface area (Å²) in [6.45, 7) is 1.55. The number of esters is 1. The molecule has 1 amide bonds.